The first-order valence-electron chi connectivity index (χ1n) is 10.2. The van der Waals surface area contributed by atoms with E-state index < -0.39 is 17.7 Å². The molecule has 1 aliphatic heterocycles. The van der Waals surface area contributed by atoms with Gasteiger partial charge in [-0.25, -0.2) is 9.78 Å². The first-order valence-corrected chi connectivity index (χ1v) is 11.0. The number of carboxylic acid groups (broad SMARTS) is 1. The fraction of sp³-hybridized carbons (Fsp3) is 0.524. The number of aromatic nitrogens is 4. The van der Waals surface area contributed by atoms with Gasteiger partial charge in [0.1, 0.15) is 10.5 Å². The average molecular weight is 428 g/mol. The van der Waals surface area contributed by atoms with E-state index in [0.717, 1.165) is 35.4 Å². The third-order valence-corrected chi connectivity index (χ3v) is 8.25. The molecule has 0 unspecified atom stereocenters. The molecule has 3 N–H and O–H groups in total. The van der Waals surface area contributed by atoms with E-state index in [4.69, 9.17) is 4.98 Å². The van der Waals surface area contributed by atoms with Gasteiger partial charge in [0.25, 0.3) is 5.56 Å². The molecule has 9 heteroatoms. The van der Waals surface area contributed by atoms with Crippen molar-refractivity contribution < 1.29 is 9.90 Å². The number of hydrogen-bond acceptors (Lipinski definition) is 5. The lowest BCUT2D eigenvalue weighted by Gasteiger charge is -2.49. The SMILES string of the molecule is Cc1[nH]ncc1-c1cc2nc([C@@H]3[C@H]4CC[C@](C(C)(C)C)(C4)N3C(=O)O)[nH]c(=O)c2s1. The number of aryl methyl sites for hydroxylation is 1. The van der Waals surface area contributed by atoms with Crippen molar-refractivity contribution in [2.75, 3.05) is 0 Å². The highest BCUT2D eigenvalue weighted by Crippen LogP contribution is 2.62. The van der Waals surface area contributed by atoms with Crippen molar-refractivity contribution in [3.05, 3.63) is 34.1 Å². The molecule has 3 atom stereocenters. The molecule has 1 amide bonds. The van der Waals surface area contributed by atoms with Gasteiger partial charge < -0.3 is 10.1 Å². The standard InChI is InChI=1S/C21H25N5O3S/c1-10-12(9-22-25-10)14-7-13-16(30-14)18(27)24-17(23-13)15-11-5-6-21(8-11,20(2,3)4)26(15)19(28)29/h7,9,11,15H,5-6,8H2,1-4H3,(H,22,25)(H,28,29)(H,23,24,27)/t11-,15-,21+/m0/s1. The maximum atomic E-state index is 12.9. The maximum absolute atomic E-state index is 12.9. The monoisotopic (exact) mass is 427 g/mol. The second-order valence-corrected chi connectivity index (χ2v) is 10.6. The molecule has 30 heavy (non-hydrogen) atoms. The lowest BCUT2D eigenvalue weighted by molar-refractivity contribution is -0.00371. The zero-order valence-electron chi connectivity index (χ0n) is 17.4. The number of likely N-dealkylation sites (tertiary alicyclic amines) is 1. The van der Waals surface area contributed by atoms with Crippen molar-refractivity contribution in [3.63, 3.8) is 0 Å². The zero-order chi connectivity index (χ0) is 21.4. The summed E-state index contributed by atoms with van der Waals surface area (Å²) >= 11 is 1.38. The number of piperidine rings is 1. The highest BCUT2D eigenvalue weighted by atomic mass is 32.1. The molecule has 0 radical (unpaired) electrons. The van der Waals surface area contributed by atoms with Crippen molar-refractivity contribution >= 4 is 27.6 Å². The number of nitrogens with zero attached hydrogens (tertiary/aromatic N) is 3. The van der Waals surface area contributed by atoms with Crippen LogP contribution in [0.15, 0.2) is 17.1 Å². The van der Waals surface area contributed by atoms with Gasteiger partial charge in [0, 0.05) is 16.1 Å². The summed E-state index contributed by atoms with van der Waals surface area (Å²) in [5, 5.41) is 17.1. The molecule has 1 saturated heterocycles. The summed E-state index contributed by atoms with van der Waals surface area (Å²) in [6.07, 6.45) is 3.39. The lowest BCUT2D eigenvalue weighted by Crippen LogP contribution is -2.56. The van der Waals surface area contributed by atoms with Gasteiger partial charge in [0.15, 0.2) is 0 Å². The van der Waals surface area contributed by atoms with Crippen molar-refractivity contribution in [2.24, 2.45) is 11.3 Å². The van der Waals surface area contributed by atoms with Gasteiger partial charge in [-0.3, -0.25) is 14.8 Å². The number of fused-ring (bicyclic) bond motifs is 3. The summed E-state index contributed by atoms with van der Waals surface area (Å²) in [7, 11) is 0. The summed E-state index contributed by atoms with van der Waals surface area (Å²) < 4.78 is 0.546. The number of amides is 1. The van der Waals surface area contributed by atoms with Crippen LogP contribution < -0.4 is 5.56 Å². The van der Waals surface area contributed by atoms with Gasteiger partial charge in [-0.1, -0.05) is 20.8 Å². The minimum atomic E-state index is -0.945. The van der Waals surface area contributed by atoms with Crippen LogP contribution in [0.5, 0.6) is 0 Å². The average Bonchev–Trinajstić information content (AvgIpc) is 3.41. The molecule has 2 bridgehead atoms. The molecule has 158 valence electrons. The van der Waals surface area contributed by atoms with Gasteiger partial charge in [0.05, 0.1) is 23.3 Å². The van der Waals surface area contributed by atoms with E-state index >= 15 is 0 Å². The molecule has 1 saturated carbocycles. The van der Waals surface area contributed by atoms with Gasteiger partial charge in [-0.15, -0.1) is 11.3 Å². The van der Waals surface area contributed by atoms with Crippen molar-refractivity contribution in [3.8, 4) is 10.4 Å². The van der Waals surface area contributed by atoms with Crippen LogP contribution in [0.4, 0.5) is 4.79 Å². The van der Waals surface area contributed by atoms with Crippen molar-refractivity contribution in [1.29, 1.82) is 0 Å². The van der Waals surface area contributed by atoms with Crippen LogP contribution in [0, 0.1) is 18.3 Å². The third kappa shape index (κ3) is 2.50. The molecule has 5 rings (SSSR count). The van der Waals surface area contributed by atoms with Gasteiger partial charge in [-0.2, -0.15) is 5.10 Å². The second-order valence-electron chi connectivity index (χ2n) is 9.57. The first-order chi connectivity index (χ1) is 14.1. The van der Waals surface area contributed by atoms with Crippen molar-refractivity contribution in [1.82, 2.24) is 25.1 Å². The predicted molar refractivity (Wildman–Crippen MR) is 115 cm³/mol. The van der Waals surface area contributed by atoms with E-state index in [0.29, 0.717) is 16.0 Å². The highest BCUT2D eigenvalue weighted by Gasteiger charge is 2.63. The minimum Gasteiger partial charge on any atom is -0.465 e. The molecule has 0 aromatic carbocycles. The zero-order valence-corrected chi connectivity index (χ0v) is 18.3. The molecular formula is C21H25N5O3S. The number of H-pyrrole nitrogens is 2. The van der Waals surface area contributed by atoms with Crippen LogP contribution in [0.3, 0.4) is 0 Å². The summed E-state index contributed by atoms with van der Waals surface area (Å²) in [4.78, 5) is 35.5. The van der Waals surface area contributed by atoms with Crippen LogP contribution in [-0.2, 0) is 0 Å². The number of nitrogens with one attached hydrogen (secondary N) is 2. The van der Waals surface area contributed by atoms with E-state index in [2.05, 4.69) is 36.0 Å². The molecular weight excluding hydrogens is 402 g/mol. The summed E-state index contributed by atoms with van der Waals surface area (Å²) in [5.74, 6) is 0.620. The Morgan fingerprint density at radius 1 is 1.40 bits per heavy atom. The van der Waals surface area contributed by atoms with Gasteiger partial charge in [-0.05, 0) is 43.6 Å². The molecule has 2 fully saturated rings. The maximum Gasteiger partial charge on any atom is 0.408 e. The normalized spacial score (nSPS) is 26.1. The number of thiophene rings is 1. The number of rotatable bonds is 2. The fourth-order valence-electron chi connectivity index (χ4n) is 5.55. The van der Waals surface area contributed by atoms with Crippen LogP contribution >= 0.6 is 11.3 Å². The van der Waals surface area contributed by atoms with E-state index in [1.54, 1.807) is 11.1 Å². The summed E-state index contributed by atoms with van der Waals surface area (Å²) in [5.41, 5.74) is 1.62. The molecule has 2 aliphatic rings. The smallest absolute Gasteiger partial charge is 0.408 e. The Morgan fingerprint density at radius 2 is 2.17 bits per heavy atom. The lowest BCUT2D eigenvalue weighted by atomic mass is 9.72. The summed E-state index contributed by atoms with van der Waals surface area (Å²) in [6.45, 7) is 8.24. The Hall–Kier alpha value is -2.68. The van der Waals surface area contributed by atoms with Crippen molar-refractivity contribution in [2.45, 2.75) is 58.5 Å². The topological polar surface area (TPSA) is 115 Å². The first kappa shape index (κ1) is 19.3. The van der Waals surface area contributed by atoms with E-state index in [1.807, 2.05) is 13.0 Å². The molecule has 8 nitrogen and oxygen atoms in total. The van der Waals surface area contributed by atoms with Crippen LogP contribution in [0.2, 0.25) is 0 Å². The third-order valence-electron chi connectivity index (χ3n) is 7.09. The Bertz CT molecular complexity index is 1220. The molecule has 3 aromatic rings. The molecule has 1 aliphatic carbocycles. The van der Waals surface area contributed by atoms with E-state index in [9.17, 15) is 14.7 Å². The number of aromatic amines is 2. The second kappa shape index (κ2) is 6.16. The Kier molecular flexibility index (Phi) is 3.96. The quantitative estimate of drug-likeness (QED) is 0.564. The largest absolute Gasteiger partial charge is 0.465 e. The van der Waals surface area contributed by atoms with E-state index in [-0.39, 0.29) is 16.9 Å². The van der Waals surface area contributed by atoms with Crippen LogP contribution in [0.25, 0.3) is 20.7 Å². The van der Waals surface area contributed by atoms with Crippen LogP contribution in [0.1, 0.15) is 57.6 Å². The van der Waals surface area contributed by atoms with E-state index in [1.165, 1.54) is 11.3 Å². The van der Waals surface area contributed by atoms with Gasteiger partial charge in [0.2, 0.25) is 0 Å². The molecule has 4 heterocycles. The molecule has 0 spiro atoms. The highest BCUT2D eigenvalue weighted by molar-refractivity contribution is 7.22. The number of carbonyl (C=O) groups is 1. The van der Waals surface area contributed by atoms with Crippen LogP contribution in [-0.4, -0.2) is 41.8 Å². The Morgan fingerprint density at radius 3 is 2.80 bits per heavy atom. The Balaban J connectivity index is 1.64. The fourth-order valence-corrected chi connectivity index (χ4v) is 6.61. The molecule has 3 aromatic heterocycles. The minimum absolute atomic E-state index is 0.162. The summed E-state index contributed by atoms with van der Waals surface area (Å²) in [6, 6.07) is 1.47. The predicted octanol–water partition coefficient (Wildman–Crippen LogP) is 4.30. The van der Waals surface area contributed by atoms with Gasteiger partial charge >= 0.3 is 6.09 Å². The number of hydrogen-bond donors (Lipinski definition) is 3. The Labute approximate surface area is 177 Å².